The number of carboxylic acid groups (broad SMARTS) is 3. The molecule has 0 aliphatic heterocycles. The first-order valence-corrected chi connectivity index (χ1v) is 4.08. The van der Waals surface area contributed by atoms with Gasteiger partial charge < -0.3 is 31.6 Å². The quantitative estimate of drug-likeness (QED) is 0.340. The molecule has 0 aromatic heterocycles. The number of rotatable bonds is 1. The number of hydrogen-bond acceptors (Lipinski definition) is 6. The Morgan fingerprint density at radius 1 is 0.941 bits per heavy atom. The molecule has 98 valence electrons. The Morgan fingerprint density at radius 3 is 1.00 bits per heavy atom. The first-order chi connectivity index (χ1) is 7.11. The van der Waals surface area contributed by atoms with Gasteiger partial charge in [-0.25, -0.2) is 0 Å². The van der Waals surface area contributed by atoms with Gasteiger partial charge in [0.1, 0.15) is 0 Å². The topological polar surface area (TPSA) is 167 Å². The van der Waals surface area contributed by atoms with Crippen LogP contribution in [0, 0.1) is 0 Å². The van der Waals surface area contributed by atoms with Gasteiger partial charge in [0.05, 0.1) is 0 Å². The van der Waals surface area contributed by atoms with E-state index in [0.717, 1.165) is 20.8 Å². The Hall–Kier alpha value is -0.670. The van der Waals surface area contributed by atoms with Crippen molar-refractivity contribution in [1.82, 2.24) is 0 Å². The van der Waals surface area contributed by atoms with Gasteiger partial charge in [-0.05, 0) is 6.92 Å². The molecule has 17 heavy (non-hydrogen) atoms. The maximum absolute atomic E-state index is 9.00. The molecule has 0 fully saturated rings. The Morgan fingerprint density at radius 2 is 1.00 bits per heavy atom. The van der Waals surface area contributed by atoms with Crippen LogP contribution in [-0.4, -0.2) is 41.2 Å². The van der Waals surface area contributed by atoms with E-state index in [1.54, 1.807) is 0 Å². The summed E-state index contributed by atoms with van der Waals surface area (Å²) in [5.41, 5.74) is 9.81. The summed E-state index contributed by atoms with van der Waals surface area (Å²) in [5, 5.41) is 23.7. The van der Waals surface area contributed by atoms with Gasteiger partial charge in [0, 0.05) is 32.9 Å². The van der Waals surface area contributed by atoms with Crippen molar-refractivity contribution in [3.05, 3.63) is 0 Å². The van der Waals surface area contributed by atoms with E-state index >= 15 is 0 Å². The molecular weight excluding hydrogens is 243 g/mol. The fourth-order valence-electron chi connectivity index (χ4n) is 0. The van der Waals surface area contributed by atoms with Crippen molar-refractivity contribution in [2.24, 2.45) is 11.5 Å². The zero-order valence-corrected chi connectivity index (χ0v) is 12.6. The molecule has 0 rings (SSSR count). The second kappa shape index (κ2) is 29.5. The molecule has 6 N–H and O–H groups in total. The fraction of sp³-hybridized carbons (Fsp3) is 0.625. The summed E-state index contributed by atoms with van der Waals surface area (Å²) in [7, 11) is 0. The molecule has 9 heteroatoms. The van der Waals surface area contributed by atoms with E-state index in [2.05, 4.69) is 0 Å². The van der Waals surface area contributed by atoms with E-state index in [9.17, 15) is 0 Å². The van der Waals surface area contributed by atoms with Crippen LogP contribution >= 0.6 is 0 Å². The SMILES string of the molecule is CC(=O)O.CC(=O)O.CC(=O)[O-].NCCN.[Na+]. The molecule has 0 radical (unpaired) electrons. The molecule has 0 saturated heterocycles. The summed E-state index contributed by atoms with van der Waals surface area (Å²) in [6.07, 6.45) is 0. The standard InChI is InChI=1S/C2H8N2.3C2H4O2.Na/c3-1-2-4;3*1-2(3)4;/h1-4H2;3*1H3,(H,3,4);/q;;;;+1/p-1. The normalized spacial score (nSPS) is 6.18. The molecule has 8 nitrogen and oxygen atoms in total. The van der Waals surface area contributed by atoms with Crippen LogP contribution in [0.2, 0.25) is 0 Å². The number of nitrogens with two attached hydrogens (primary N) is 2. The molecule has 0 heterocycles. The van der Waals surface area contributed by atoms with Gasteiger partial charge in [0.15, 0.2) is 0 Å². The third kappa shape index (κ3) is 25000. The number of carbonyl (C=O) groups is 3. The van der Waals surface area contributed by atoms with Gasteiger partial charge in [-0.15, -0.1) is 0 Å². The van der Waals surface area contributed by atoms with Crippen LogP contribution in [0.15, 0.2) is 0 Å². The predicted octanol–water partition coefficient (Wildman–Crippen LogP) is -5.15. The molecule has 0 unspecified atom stereocenters. The van der Waals surface area contributed by atoms with Gasteiger partial charge in [-0.2, -0.15) is 0 Å². The Labute approximate surface area is 122 Å². The van der Waals surface area contributed by atoms with E-state index < -0.39 is 17.9 Å². The third-order valence-corrected chi connectivity index (χ3v) is 0.167. The second-order valence-corrected chi connectivity index (χ2v) is 2.11. The number of carbonyl (C=O) groups excluding carboxylic acids is 1. The van der Waals surface area contributed by atoms with Gasteiger partial charge in [-0.3, -0.25) is 9.59 Å². The second-order valence-electron chi connectivity index (χ2n) is 2.11. The molecule has 0 aliphatic rings. The smallest absolute Gasteiger partial charge is 0.550 e. The summed E-state index contributed by atoms with van der Waals surface area (Å²) in [6, 6.07) is 0. The average Bonchev–Trinajstić information content (AvgIpc) is 2.00. The van der Waals surface area contributed by atoms with Crippen molar-refractivity contribution in [3.63, 3.8) is 0 Å². The molecule has 0 aliphatic carbocycles. The molecule has 0 atom stereocenters. The van der Waals surface area contributed by atoms with E-state index in [1.165, 1.54) is 0 Å². The zero-order chi connectivity index (χ0) is 14.1. The Bertz CT molecular complexity index is 146. The van der Waals surface area contributed by atoms with Crippen LogP contribution in [-0.2, 0) is 14.4 Å². The van der Waals surface area contributed by atoms with Crippen molar-refractivity contribution >= 4 is 17.9 Å². The molecular formula is C8H19N2NaO6. The Kier molecular flexibility index (Phi) is 51.9. The molecule has 0 spiro atoms. The van der Waals surface area contributed by atoms with Crippen LogP contribution in [0.1, 0.15) is 20.8 Å². The summed E-state index contributed by atoms with van der Waals surface area (Å²) in [5.74, 6) is -2.75. The average molecular weight is 262 g/mol. The van der Waals surface area contributed by atoms with E-state index in [4.69, 9.17) is 41.2 Å². The maximum atomic E-state index is 9.00. The third-order valence-electron chi connectivity index (χ3n) is 0.167. The van der Waals surface area contributed by atoms with Crippen molar-refractivity contribution in [3.8, 4) is 0 Å². The van der Waals surface area contributed by atoms with E-state index in [1.807, 2.05) is 0 Å². The molecule has 0 amide bonds. The number of hydrogen-bond donors (Lipinski definition) is 4. The largest absolute Gasteiger partial charge is 1.00 e. The first-order valence-electron chi connectivity index (χ1n) is 4.08. The van der Waals surface area contributed by atoms with Crippen LogP contribution < -0.4 is 46.1 Å². The maximum Gasteiger partial charge on any atom is 1.00 e. The molecule has 0 bridgehead atoms. The zero-order valence-electron chi connectivity index (χ0n) is 10.6. The minimum atomic E-state index is -1.08. The number of carboxylic acids is 3. The van der Waals surface area contributed by atoms with Gasteiger partial charge in [0.2, 0.25) is 0 Å². The van der Waals surface area contributed by atoms with E-state index in [0.29, 0.717) is 13.1 Å². The van der Waals surface area contributed by atoms with Crippen LogP contribution in [0.25, 0.3) is 0 Å². The van der Waals surface area contributed by atoms with Crippen molar-refractivity contribution in [1.29, 1.82) is 0 Å². The van der Waals surface area contributed by atoms with Gasteiger partial charge >= 0.3 is 29.6 Å². The monoisotopic (exact) mass is 262 g/mol. The Balaban J connectivity index is -0.0000000369. The van der Waals surface area contributed by atoms with Gasteiger partial charge in [-0.1, -0.05) is 0 Å². The molecule has 0 aromatic rings. The summed E-state index contributed by atoms with van der Waals surface area (Å²) >= 11 is 0. The first kappa shape index (κ1) is 29.9. The molecule has 0 aromatic carbocycles. The predicted molar refractivity (Wildman–Crippen MR) is 55.4 cm³/mol. The van der Waals surface area contributed by atoms with Crippen LogP contribution in [0.4, 0.5) is 0 Å². The van der Waals surface area contributed by atoms with Gasteiger partial charge in [0.25, 0.3) is 11.9 Å². The fourth-order valence-corrected chi connectivity index (χ4v) is 0. The summed E-state index contributed by atoms with van der Waals surface area (Å²) < 4.78 is 0. The summed E-state index contributed by atoms with van der Waals surface area (Å²) in [4.78, 5) is 26.9. The van der Waals surface area contributed by atoms with Crippen LogP contribution in [0.3, 0.4) is 0 Å². The van der Waals surface area contributed by atoms with Crippen molar-refractivity contribution < 1.29 is 59.3 Å². The van der Waals surface area contributed by atoms with Crippen molar-refractivity contribution in [2.75, 3.05) is 13.1 Å². The van der Waals surface area contributed by atoms with E-state index in [-0.39, 0.29) is 29.6 Å². The van der Waals surface area contributed by atoms with Crippen LogP contribution in [0.5, 0.6) is 0 Å². The summed E-state index contributed by atoms with van der Waals surface area (Å²) in [6.45, 7) is 4.33. The number of aliphatic carboxylic acids is 3. The van der Waals surface area contributed by atoms with Crippen molar-refractivity contribution in [2.45, 2.75) is 20.8 Å². The molecule has 0 saturated carbocycles. The minimum absolute atomic E-state index is 0. The minimum Gasteiger partial charge on any atom is -0.550 e.